The molecule has 0 aromatic heterocycles. The van der Waals surface area contributed by atoms with Crippen LogP contribution in [0.1, 0.15) is 44.9 Å². The summed E-state index contributed by atoms with van der Waals surface area (Å²) >= 11 is 0. The van der Waals surface area contributed by atoms with Crippen LogP contribution >= 0.6 is 0 Å². The Morgan fingerprint density at radius 3 is 2.62 bits per heavy atom. The third-order valence-electron chi connectivity index (χ3n) is 3.66. The first-order valence-corrected chi connectivity index (χ1v) is 5.78. The van der Waals surface area contributed by atoms with E-state index in [1.165, 1.54) is 44.9 Å². The van der Waals surface area contributed by atoms with Gasteiger partial charge < -0.3 is 5.32 Å². The van der Waals surface area contributed by atoms with Crippen molar-refractivity contribution < 1.29 is 0 Å². The molecule has 0 aliphatic heterocycles. The molecule has 2 aliphatic rings. The second-order valence-electron chi connectivity index (χ2n) is 4.48. The van der Waals surface area contributed by atoms with Crippen molar-refractivity contribution in [3.63, 3.8) is 0 Å². The maximum absolute atomic E-state index is 3.52. The first kappa shape index (κ1) is 9.26. The fourth-order valence-corrected chi connectivity index (χ4v) is 2.99. The molecule has 1 N–H and O–H groups in total. The van der Waals surface area contributed by atoms with E-state index in [-0.39, 0.29) is 0 Å². The summed E-state index contributed by atoms with van der Waals surface area (Å²) in [6, 6.07) is 0.713. The lowest BCUT2D eigenvalue weighted by Crippen LogP contribution is -2.33. The summed E-state index contributed by atoms with van der Waals surface area (Å²) < 4.78 is 0. The zero-order valence-corrected chi connectivity index (χ0v) is 8.68. The standard InChI is InChI=1S/C12H21N/c1-13-12(10-6-2-3-7-10)11-8-4-5-9-11/h6,11-13H,2-5,7-9H2,1H3. The highest BCUT2D eigenvalue weighted by molar-refractivity contribution is 5.16. The van der Waals surface area contributed by atoms with E-state index >= 15 is 0 Å². The molecule has 0 aromatic carbocycles. The van der Waals surface area contributed by atoms with Gasteiger partial charge in [0, 0.05) is 6.04 Å². The Morgan fingerprint density at radius 2 is 2.08 bits per heavy atom. The van der Waals surface area contributed by atoms with E-state index < -0.39 is 0 Å². The van der Waals surface area contributed by atoms with E-state index in [1.807, 2.05) is 0 Å². The van der Waals surface area contributed by atoms with Gasteiger partial charge in [-0.15, -0.1) is 0 Å². The summed E-state index contributed by atoms with van der Waals surface area (Å²) in [7, 11) is 2.13. The predicted molar refractivity (Wildman–Crippen MR) is 56.7 cm³/mol. The van der Waals surface area contributed by atoms with Gasteiger partial charge in [-0.05, 0) is 45.1 Å². The Balaban J connectivity index is 1.98. The van der Waals surface area contributed by atoms with Gasteiger partial charge in [0.1, 0.15) is 0 Å². The molecular weight excluding hydrogens is 158 g/mol. The number of allylic oxidation sites excluding steroid dienone is 1. The summed E-state index contributed by atoms with van der Waals surface area (Å²) in [5, 5.41) is 3.52. The molecule has 0 aromatic rings. The van der Waals surface area contributed by atoms with Crippen molar-refractivity contribution >= 4 is 0 Å². The molecule has 1 fully saturated rings. The highest BCUT2D eigenvalue weighted by Crippen LogP contribution is 2.33. The van der Waals surface area contributed by atoms with Crippen molar-refractivity contribution in [1.82, 2.24) is 5.32 Å². The molecule has 2 rings (SSSR count). The molecule has 0 spiro atoms. The Morgan fingerprint density at radius 1 is 1.31 bits per heavy atom. The fraction of sp³-hybridized carbons (Fsp3) is 0.833. The molecule has 0 heterocycles. The lowest BCUT2D eigenvalue weighted by molar-refractivity contribution is 0.416. The second kappa shape index (κ2) is 4.28. The number of hydrogen-bond acceptors (Lipinski definition) is 1. The van der Waals surface area contributed by atoms with Crippen molar-refractivity contribution in [2.24, 2.45) is 5.92 Å². The molecule has 0 saturated heterocycles. The first-order valence-electron chi connectivity index (χ1n) is 5.78. The van der Waals surface area contributed by atoms with E-state index in [4.69, 9.17) is 0 Å². The number of rotatable bonds is 3. The van der Waals surface area contributed by atoms with Gasteiger partial charge in [0.25, 0.3) is 0 Å². The summed E-state index contributed by atoms with van der Waals surface area (Å²) in [5.41, 5.74) is 1.70. The summed E-state index contributed by atoms with van der Waals surface area (Å²) in [6.45, 7) is 0. The second-order valence-corrected chi connectivity index (χ2v) is 4.48. The van der Waals surface area contributed by atoms with E-state index in [0.717, 1.165) is 5.92 Å². The highest BCUT2D eigenvalue weighted by atomic mass is 14.9. The summed E-state index contributed by atoms with van der Waals surface area (Å²) in [5.74, 6) is 0.939. The van der Waals surface area contributed by atoms with Crippen LogP contribution in [-0.2, 0) is 0 Å². The molecule has 1 atom stereocenters. The quantitative estimate of drug-likeness (QED) is 0.657. The maximum atomic E-state index is 3.52. The Kier molecular flexibility index (Phi) is 3.05. The number of hydrogen-bond donors (Lipinski definition) is 1. The predicted octanol–water partition coefficient (Wildman–Crippen LogP) is 2.87. The molecule has 0 amide bonds. The van der Waals surface area contributed by atoms with Crippen LogP contribution in [0.2, 0.25) is 0 Å². The van der Waals surface area contributed by atoms with Gasteiger partial charge in [-0.25, -0.2) is 0 Å². The van der Waals surface area contributed by atoms with Crippen LogP contribution in [0.3, 0.4) is 0 Å². The average molecular weight is 179 g/mol. The topological polar surface area (TPSA) is 12.0 Å². The third kappa shape index (κ3) is 1.96. The van der Waals surface area contributed by atoms with Crippen LogP contribution in [0.4, 0.5) is 0 Å². The Hall–Kier alpha value is -0.300. The Bertz CT molecular complexity index is 189. The van der Waals surface area contributed by atoms with Gasteiger partial charge in [-0.3, -0.25) is 0 Å². The summed E-state index contributed by atoms with van der Waals surface area (Å²) in [4.78, 5) is 0. The van der Waals surface area contributed by atoms with Gasteiger partial charge in [0.15, 0.2) is 0 Å². The smallest absolute Gasteiger partial charge is 0.0305 e. The third-order valence-corrected chi connectivity index (χ3v) is 3.66. The molecule has 13 heavy (non-hydrogen) atoms. The van der Waals surface area contributed by atoms with E-state index in [2.05, 4.69) is 18.4 Å². The van der Waals surface area contributed by atoms with E-state index in [9.17, 15) is 0 Å². The van der Waals surface area contributed by atoms with Crippen molar-refractivity contribution in [2.75, 3.05) is 7.05 Å². The zero-order chi connectivity index (χ0) is 9.10. The molecule has 74 valence electrons. The lowest BCUT2D eigenvalue weighted by atomic mass is 9.91. The Labute approximate surface area is 81.6 Å². The largest absolute Gasteiger partial charge is 0.313 e. The molecule has 2 aliphatic carbocycles. The SMILES string of the molecule is CNC(C1=CCCC1)C1CCCC1. The summed E-state index contributed by atoms with van der Waals surface area (Å²) in [6.07, 6.45) is 12.3. The van der Waals surface area contributed by atoms with Crippen LogP contribution in [0, 0.1) is 5.92 Å². The minimum atomic E-state index is 0.713. The molecule has 1 nitrogen and oxygen atoms in total. The highest BCUT2D eigenvalue weighted by Gasteiger charge is 2.27. The van der Waals surface area contributed by atoms with Crippen molar-refractivity contribution in [1.29, 1.82) is 0 Å². The van der Waals surface area contributed by atoms with Crippen LogP contribution in [0.5, 0.6) is 0 Å². The van der Waals surface area contributed by atoms with Crippen molar-refractivity contribution in [3.8, 4) is 0 Å². The lowest BCUT2D eigenvalue weighted by Gasteiger charge is -2.24. The molecule has 1 heteroatoms. The van der Waals surface area contributed by atoms with Crippen LogP contribution in [0.25, 0.3) is 0 Å². The zero-order valence-electron chi connectivity index (χ0n) is 8.68. The van der Waals surface area contributed by atoms with Crippen molar-refractivity contribution in [3.05, 3.63) is 11.6 Å². The molecule has 1 unspecified atom stereocenters. The minimum Gasteiger partial charge on any atom is -0.313 e. The van der Waals surface area contributed by atoms with Gasteiger partial charge in [-0.1, -0.05) is 24.5 Å². The molecule has 0 radical (unpaired) electrons. The van der Waals surface area contributed by atoms with Crippen molar-refractivity contribution in [2.45, 2.75) is 51.0 Å². The number of nitrogens with one attached hydrogen (secondary N) is 1. The molecule has 0 bridgehead atoms. The van der Waals surface area contributed by atoms with Crippen LogP contribution < -0.4 is 5.32 Å². The van der Waals surface area contributed by atoms with Gasteiger partial charge in [0.05, 0.1) is 0 Å². The minimum absolute atomic E-state index is 0.713. The fourth-order valence-electron chi connectivity index (χ4n) is 2.99. The monoisotopic (exact) mass is 179 g/mol. The van der Waals surface area contributed by atoms with E-state index in [1.54, 1.807) is 5.57 Å². The van der Waals surface area contributed by atoms with Crippen LogP contribution in [-0.4, -0.2) is 13.1 Å². The number of likely N-dealkylation sites (N-methyl/N-ethyl adjacent to an activating group) is 1. The first-order chi connectivity index (χ1) is 6.42. The average Bonchev–Trinajstić information content (AvgIpc) is 2.76. The van der Waals surface area contributed by atoms with Crippen LogP contribution in [0.15, 0.2) is 11.6 Å². The van der Waals surface area contributed by atoms with Gasteiger partial charge in [-0.2, -0.15) is 0 Å². The normalized spacial score (nSPS) is 26.4. The van der Waals surface area contributed by atoms with E-state index in [0.29, 0.717) is 6.04 Å². The molecular formula is C12H21N. The maximum Gasteiger partial charge on any atom is 0.0305 e. The van der Waals surface area contributed by atoms with Gasteiger partial charge in [0.2, 0.25) is 0 Å². The van der Waals surface area contributed by atoms with Gasteiger partial charge >= 0.3 is 0 Å². The molecule has 1 saturated carbocycles.